The predicted molar refractivity (Wildman–Crippen MR) is 87.3 cm³/mol. The average molecular weight is 341 g/mol. The monoisotopic (exact) mass is 341 g/mol. The van der Waals surface area contributed by atoms with Crippen LogP contribution in [0.5, 0.6) is 0 Å². The molecule has 0 aliphatic carbocycles. The molecule has 0 unspecified atom stereocenters. The number of aliphatic hydroxyl groups is 1. The van der Waals surface area contributed by atoms with Crippen LogP contribution in [0.25, 0.3) is 0 Å². The van der Waals surface area contributed by atoms with Crippen LogP contribution in [-0.4, -0.2) is 16.9 Å². The SMILES string of the molecule is N#C[C@@H]1[C@@H](c2ccsc2)[C@@H](C(N)=O)C(=O)N[C@@]1(O)c1ccccc1. The fraction of sp³-hybridized carbons (Fsp3) is 0.235. The number of benzene rings is 1. The maximum absolute atomic E-state index is 12.5. The van der Waals surface area contributed by atoms with Crippen molar-refractivity contribution in [3.05, 3.63) is 58.3 Å². The number of nitrogens with zero attached hydrogens (tertiary/aromatic N) is 1. The molecule has 1 aromatic carbocycles. The van der Waals surface area contributed by atoms with Gasteiger partial charge in [0.2, 0.25) is 11.8 Å². The van der Waals surface area contributed by atoms with E-state index in [4.69, 9.17) is 5.73 Å². The van der Waals surface area contributed by atoms with E-state index in [-0.39, 0.29) is 0 Å². The minimum Gasteiger partial charge on any atom is -0.369 e. The molecule has 4 atom stereocenters. The van der Waals surface area contributed by atoms with Gasteiger partial charge >= 0.3 is 0 Å². The molecule has 2 heterocycles. The maximum Gasteiger partial charge on any atom is 0.235 e. The first-order chi connectivity index (χ1) is 11.5. The van der Waals surface area contributed by atoms with Gasteiger partial charge in [0.1, 0.15) is 11.8 Å². The van der Waals surface area contributed by atoms with E-state index < -0.39 is 35.3 Å². The number of rotatable bonds is 3. The fourth-order valence-corrected chi connectivity index (χ4v) is 3.94. The molecule has 0 radical (unpaired) electrons. The van der Waals surface area contributed by atoms with Crippen LogP contribution in [0.15, 0.2) is 47.2 Å². The summed E-state index contributed by atoms with van der Waals surface area (Å²) in [6.07, 6.45) is 0. The van der Waals surface area contributed by atoms with Gasteiger partial charge in [-0.2, -0.15) is 16.6 Å². The second-order valence-electron chi connectivity index (χ2n) is 5.69. The Hall–Kier alpha value is -2.69. The minimum atomic E-state index is -1.90. The molecule has 1 aromatic heterocycles. The smallest absolute Gasteiger partial charge is 0.235 e. The predicted octanol–water partition coefficient (Wildman–Crippen LogP) is 1.05. The molecule has 7 heteroatoms. The maximum atomic E-state index is 12.5. The molecule has 122 valence electrons. The number of thiophene rings is 1. The molecule has 1 saturated heterocycles. The Bertz CT molecular complexity index is 800. The number of amides is 2. The number of hydrogen-bond acceptors (Lipinski definition) is 5. The highest BCUT2D eigenvalue weighted by molar-refractivity contribution is 7.08. The Kier molecular flexibility index (Phi) is 4.09. The van der Waals surface area contributed by atoms with Gasteiger partial charge in [0.25, 0.3) is 0 Å². The van der Waals surface area contributed by atoms with E-state index in [2.05, 4.69) is 11.4 Å². The Balaban J connectivity index is 2.17. The van der Waals surface area contributed by atoms with E-state index in [1.807, 2.05) is 0 Å². The lowest BCUT2D eigenvalue weighted by atomic mass is 9.68. The highest BCUT2D eigenvalue weighted by Gasteiger charge is 2.55. The first kappa shape index (κ1) is 16.2. The van der Waals surface area contributed by atoms with Crippen molar-refractivity contribution in [1.29, 1.82) is 5.26 Å². The molecule has 0 bridgehead atoms. The number of carbonyl (C=O) groups excluding carboxylic acids is 2. The molecule has 0 saturated carbocycles. The third-order valence-electron chi connectivity index (χ3n) is 4.35. The van der Waals surface area contributed by atoms with Crippen molar-refractivity contribution < 1.29 is 14.7 Å². The standard InChI is InChI=1S/C17H15N3O3S/c18-8-12-13(10-6-7-24-9-10)14(15(19)21)16(22)20-17(12,23)11-4-2-1-3-5-11/h1-7,9,12-14,23H,(H2,19,21)(H,20,22)/t12-,13-,14+,17-/m1/s1. The van der Waals surface area contributed by atoms with E-state index in [0.717, 1.165) is 0 Å². The molecular formula is C17H15N3O3S. The second kappa shape index (κ2) is 6.07. The zero-order chi connectivity index (χ0) is 17.3. The number of carbonyl (C=O) groups is 2. The molecule has 6 nitrogen and oxygen atoms in total. The summed E-state index contributed by atoms with van der Waals surface area (Å²) >= 11 is 1.38. The van der Waals surface area contributed by atoms with Gasteiger partial charge in [-0.3, -0.25) is 9.59 Å². The van der Waals surface area contributed by atoms with Gasteiger partial charge in [-0.25, -0.2) is 0 Å². The summed E-state index contributed by atoms with van der Waals surface area (Å²) in [7, 11) is 0. The van der Waals surface area contributed by atoms with Crippen LogP contribution in [-0.2, 0) is 15.3 Å². The third-order valence-corrected chi connectivity index (χ3v) is 5.05. The number of primary amides is 1. The topological polar surface area (TPSA) is 116 Å². The number of nitrogens with two attached hydrogens (primary N) is 1. The van der Waals surface area contributed by atoms with Crippen LogP contribution < -0.4 is 11.1 Å². The summed E-state index contributed by atoms with van der Waals surface area (Å²) in [5, 5.41) is 26.8. The first-order valence-corrected chi connectivity index (χ1v) is 8.24. The second-order valence-corrected chi connectivity index (χ2v) is 6.47. The molecule has 4 N–H and O–H groups in total. The van der Waals surface area contributed by atoms with Gasteiger partial charge < -0.3 is 16.2 Å². The molecular weight excluding hydrogens is 326 g/mol. The van der Waals surface area contributed by atoms with Crippen LogP contribution >= 0.6 is 11.3 Å². The van der Waals surface area contributed by atoms with Gasteiger partial charge in [0.05, 0.1) is 6.07 Å². The van der Waals surface area contributed by atoms with Crippen LogP contribution in [0.1, 0.15) is 17.0 Å². The van der Waals surface area contributed by atoms with Gasteiger partial charge in [-0.05, 0) is 22.4 Å². The quantitative estimate of drug-likeness (QED) is 0.723. The number of nitrogens with one attached hydrogen (secondary N) is 1. The molecule has 0 spiro atoms. The van der Waals surface area contributed by atoms with Gasteiger partial charge in [-0.1, -0.05) is 30.3 Å². The zero-order valence-corrected chi connectivity index (χ0v) is 13.4. The summed E-state index contributed by atoms with van der Waals surface area (Å²) in [5.74, 6) is -4.61. The molecule has 24 heavy (non-hydrogen) atoms. The van der Waals surface area contributed by atoms with Crippen molar-refractivity contribution in [1.82, 2.24) is 5.32 Å². The van der Waals surface area contributed by atoms with E-state index in [9.17, 15) is 20.0 Å². The summed E-state index contributed by atoms with van der Waals surface area (Å²) in [6, 6.07) is 12.2. The van der Waals surface area contributed by atoms with Crippen LogP contribution in [0, 0.1) is 23.2 Å². The van der Waals surface area contributed by atoms with E-state index >= 15 is 0 Å². The average Bonchev–Trinajstić information content (AvgIpc) is 3.08. The van der Waals surface area contributed by atoms with Crippen LogP contribution in [0.4, 0.5) is 0 Å². The van der Waals surface area contributed by atoms with E-state index in [0.29, 0.717) is 11.1 Å². The van der Waals surface area contributed by atoms with E-state index in [1.165, 1.54) is 11.3 Å². The van der Waals surface area contributed by atoms with Crippen molar-refractivity contribution in [2.45, 2.75) is 11.6 Å². The highest BCUT2D eigenvalue weighted by Crippen LogP contribution is 2.45. The summed E-state index contributed by atoms with van der Waals surface area (Å²) in [6.45, 7) is 0. The number of piperidine rings is 1. The molecule has 2 aromatic rings. The lowest BCUT2D eigenvalue weighted by Gasteiger charge is -2.44. The van der Waals surface area contributed by atoms with Crippen LogP contribution in [0.2, 0.25) is 0 Å². The summed E-state index contributed by atoms with van der Waals surface area (Å²) < 4.78 is 0. The third kappa shape index (κ3) is 2.46. The molecule has 1 fully saturated rings. The number of nitriles is 1. The number of hydrogen-bond donors (Lipinski definition) is 3. The highest BCUT2D eigenvalue weighted by atomic mass is 32.1. The largest absolute Gasteiger partial charge is 0.369 e. The lowest BCUT2D eigenvalue weighted by Crippen LogP contribution is -2.62. The Morgan fingerprint density at radius 1 is 1.33 bits per heavy atom. The van der Waals surface area contributed by atoms with Crippen LogP contribution in [0.3, 0.4) is 0 Å². The van der Waals surface area contributed by atoms with Crippen molar-refractivity contribution in [3.63, 3.8) is 0 Å². The summed E-state index contributed by atoms with van der Waals surface area (Å²) in [4.78, 5) is 24.4. The van der Waals surface area contributed by atoms with Crippen molar-refractivity contribution in [2.75, 3.05) is 0 Å². The Morgan fingerprint density at radius 2 is 2.04 bits per heavy atom. The van der Waals surface area contributed by atoms with Crippen molar-refractivity contribution in [2.24, 2.45) is 17.6 Å². The molecule has 1 aliphatic heterocycles. The van der Waals surface area contributed by atoms with Gasteiger partial charge in [0.15, 0.2) is 5.72 Å². The first-order valence-electron chi connectivity index (χ1n) is 7.30. The normalized spacial score (nSPS) is 29.5. The Morgan fingerprint density at radius 3 is 2.58 bits per heavy atom. The zero-order valence-electron chi connectivity index (χ0n) is 12.5. The van der Waals surface area contributed by atoms with Crippen molar-refractivity contribution in [3.8, 4) is 6.07 Å². The minimum absolute atomic E-state index is 0.382. The lowest BCUT2D eigenvalue weighted by molar-refractivity contribution is -0.153. The molecule has 1 aliphatic rings. The summed E-state index contributed by atoms with van der Waals surface area (Å²) in [5.41, 5.74) is 4.53. The Labute approximate surface area is 142 Å². The fourth-order valence-electron chi connectivity index (χ4n) is 3.23. The van der Waals surface area contributed by atoms with E-state index in [1.54, 1.807) is 47.2 Å². The van der Waals surface area contributed by atoms with Gasteiger partial charge in [-0.15, -0.1) is 0 Å². The molecule has 2 amide bonds. The van der Waals surface area contributed by atoms with Crippen molar-refractivity contribution >= 4 is 23.2 Å². The molecule has 3 rings (SSSR count). The van der Waals surface area contributed by atoms with Gasteiger partial charge in [0, 0.05) is 11.5 Å².